The van der Waals surface area contributed by atoms with E-state index in [2.05, 4.69) is 24.3 Å². The maximum absolute atomic E-state index is 12.1. The number of hydrogen-bond donors (Lipinski definition) is 0. The van der Waals surface area contributed by atoms with Gasteiger partial charge in [0.1, 0.15) is 22.3 Å². The Bertz CT molecular complexity index is 4190. The second-order valence-electron chi connectivity index (χ2n) is 17.6. The molecule has 4 aromatic heterocycles. The standard InChI is InChI=1S/4C16H10O2.Al.Be.Ga.Zn/c4*17-14-7-3-6-12-10-4-1-2-5-11(10)13-8-9-18-16(13)15(12)14;;;;/h4*1-9,17H;;;;/q;;;;+3;+2;+3;+2/p-4. The van der Waals surface area contributed by atoms with E-state index in [4.69, 9.17) is 17.7 Å². The van der Waals surface area contributed by atoms with Crippen molar-refractivity contribution in [1.29, 1.82) is 0 Å². The van der Waals surface area contributed by atoms with Crippen molar-refractivity contribution in [2.75, 3.05) is 0 Å². The normalized spacial score (nSPS) is 10.9. The Morgan fingerprint density at radius 3 is 0.592 bits per heavy atom. The van der Waals surface area contributed by atoms with Gasteiger partial charge in [-0.05, 0) is 88.9 Å². The first-order valence-corrected chi connectivity index (χ1v) is 23.3. The van der Waals surface area contributed by atoms with Gasteiger partial charge in [0.05, 0.1) is 25.1 Å². The van der Waals surface area contributed by atoms with Crippen molar-refractivity contribution >= 4 is 177 Å². The van der Waals surface area contributed by atoms with Crippen molar-refractivity contribution < 1.29 is 57.6 Å². The van der Waals surface area contributed by atoms with Crippen molar-refractivity contribution in [2.24, 2.45) is 0 Å². The smallest absolute Gasteiger partial charge is 0.872 e. The Hall–Kier alpha value is -7.96. The Morgan fingerprint density at radius 2 is 0.395 bits per heavy atom. The largest absolute Gasteiger partial charge is 3.00 e. The summed E-state index contributed by atoms with van der Waals surface area (Å²) in [7, 11) is 0. The summed E-state index contributed by atoms with van der Waals surface area (Å²) in [6, 6.07) is 61.5. The molecule has 8 nitrogen and oxygen atoms in total. The molecule has 0 amide bonds. The molecule has 16 rings (SSSR count). The van der Waals surface area contributed by atoms with Gasteiger partial charge >= 0.3 is 66.8 Å². The number of fused-ring (bicyclic) bond motifs is 24. The van der Waals surface area contributed by atoms with Gasteiger partial charge in [-0.1, -0.05) is 193 Å². The van der Waals surface area contributed by atoms with Crippen molar-refractivity contribution in [3.05, 3.63) is 219 Å². The molecule has 0 N–H and O–H groups in total. The van der Waals surface area contributed by atoms with E-state index in [1.807, 2.05) is 121 Å². The van der Waals surface area contributed by atoms with Gasteiger partial charge in [-0.25, -0.2) is 0 Å². The Labute approximate surface area is 473 Å². The zero-order chi connectivity index (χ0) is 48.5. The van der Waals surface area contributed by atoms with Crippen LogP contribution in [0.1, 0.15) is 0 Å². The number of furan rings is 4. The second-order valence-corrected chi connectivity index (χ2v) is 17.6. The monoisotopic (exact) mass is 1100 g/mol. The third-order valence-electron chi connectivity index (χ3n) is 13.7. The van der Waals surface area contributed by atoms with Gasteiger partial charge in [-0.3, -0.25) is 0 Å². The van der Waals surface area contributed by atoms with Gasteiger partial charge in [-0.2, -0.15) is 0 Å². The van der Waals surface area contributed by atoms with Gasteiger partial charge in [0, 0.05) is 43.1 Å². The van der Waals surface area contributed by atoms with Crippen LogP contribution in [0.5, 0.6) is 23.0 Å². The van der Waals surface area contributed by atoms with Crippen LogP contribution in [-0.4, -0.2) is 47.3 Å². The van der Waals surface area contributed by atoms with Gasteiger partial charge in [0.15, 0.2) is 0 Å². The summed E-state index contributed by atoms with van der Waals surface area (Å²) in [6.07, 6.45) is 6.57. The van der Waals surface area contributed by atoms with Crippen LogP contribution >= 0.6 is 0 Å². The molecule has 12 aromatic carbocycles. The summed E-state index contributed by atoms with van der Waals surface area (Å²) < 4.78 is 22.1. The minimum absolute atomic E-state index is 0. The molecule has 0 atom stereocenters. The Balaban J connectivity index is 0.000000122. The van der Waals surface area contributed by atoms with E-state index in [0.29, 0.717) is 43.9 Å². The van der Waals surface area contributed by atoms with Crippen molar-refractivity contribution in [2.45, 2.75) is 0 Å². The van der Waals surface area contributed by atoms with Crippen molar-refractivity contribution in [3.8, 4) is 23.0 Å². The molecule has 0 radical (unpaired) electrons. The molecule has 76 heavy (non-hydrogen) atoms. The SMILES string of the molecule is [Al+3].[Be+2].[Ga+3].[O-]c1cccc2c3ccccc3c3ccoc3c12.[O-]c1cccc2c3ccccc3c3ccoc3c12.[O-]c1cccc2c3ccccc3c3ccoc3c12.[O-]c1cccc2c3ccccc3c3ccoc3c12.[Zn+2]. The maximum atomic E-state index is 12.1. The maximum Gasteiger partial charge on any atom is 3.00 e. The summed E-state index contributed by atoms with van der Waals surface area (Å²) in [5.41, 5.74) is 2.76. The van der Waals surface area contributed by atoms with Gasteiger partial charge in [0.25, 0.3) is 0 Å². The predicted molar refractivity (Wildman–Crippen MR) is 300 cm³/mol. The molecule has 0 aliphatic carbocycles. The van der Waals surface area contributed by atoms with E-state index in [0.717, 1.165) is 86.2 Å². The summed E-state index contributed by atoms with van der Waals surface area (Å²) >= 11 is 0. The van der Waals surface area contributed by atoms with E-state index in [9.17, 15) is 20.4 Å². The number of hydrogen-bond acceptors (Lipinski definition) is 8. The van der Waals surface area contributed by atoms with Gasteiger partial charge < -0.3 is 38.1 Å². The molecule has 0 bridgehead atoms. The van der Waals surface area contributed by atoms with Crippen LogP contribution in [0.25, 0.3) is 130 Å². The first-order valence-electron chi connectivity index (χ1n) is 23.3. The average Bonchev–Trinajstić information content (AvgIpc) is 4.31. The Kier molecular flexibility index (Phi) is 15.1. The second kappa shape index (κ2) is 21.7. The van der Waals surface area contributed by atoms with Crippen LogP contribution in [0.2, 0.25) is 0 Å². The van der Waals surface area contributed by atoms with E-state index >= 15 is 0 Å². The van der Waals surface area contributed by atoms with Crippen molar-refractivity contribution in [3.63, 3.8) is 0 Å². The van der Waals surface area contributed by atoms with Gasteiger partial charge in [-0.15, -0.1) is 0 Å². The van der Waals surface area contributed by atoms with Crippen LogP contribution in [0.4, 0.5) is 0 Å². The molecule has 0 spiro atoms. The third-order valence-corrected chi connectivity index (χ3v) is 13.7. The molecule has 0 aliphatic rings. The topological polar surface area (TPSA) is 145 Å². The molecule has 4 heterocycles. The molecular weight excluding hydrogens is 1070 g/mol. The summed E-state index contributed by atoms with van der Waals surface area (Å²) in [5, 5.41) is 67.7. The van der Waals surface area contributed by atoms with E-state index in [-0.39, 0.29) is 89.7 Å². The fourth-order valence-corrected chi connectivity index (χ4v) is 10.6. The molecule has 16 aromatic rings. The molecule has 0 saturated carbocycles. The molecule has 0 fully saturated rings. The molecule has 0 aliphatic heterocycles. The zero-order valence-electron chi connectivity index (χ0n) is 40.6. The molecular formula is C64H36AlBeGaO8Zn+6. The van der Waals surface area contributed by atoms with E-state index < -0.39 is 0 Å². The summed E-state index contributed by atoms with van der Waals surface area (Å²) in [6.45, 7) is 0. The van der Waals surface area contributed by atoms with Crippen LogP contribution < -0.4 is 20.4 Å². The molecule has 0 unspecified atom stereocenters. The summed E-state index contributed by atoms with van der Waals surface area (Å²) in [4.78, 5) is 0. The fourth-order valence-electron chi connectivity index (χ4n) is 10.6. The quantitative estimate of drug-likeness (QED) is 0.108. The van der Waals surface area contributed by atoms with Crippen LogP contribution in [0, 0.1) is 0 Å². The third kappa shape index (κ3) is 8.62. The molecule has 344 valence electrons. The van der Waals surface area contributed by atoms with Gasteiger partial charge in [0.2, 0.25) is 0 Å². The van der Waals surface area contributed by atoms with Crippen LogP contribution in [-0.2, 0) is 19.5 Å². The first-order chi connectivity index (χ1) is 35.4. The minimum Gasteiger partial charge on any atom is -0.872 e. The van der Waals surface area contributed by atoms with Crippen molar-refractivity contribution in [1.82, 2.24) is 0 Å². The van der Waals surface area contributed by atoms with E-state index in [1.165, 1.54) is 0 Å². The Morgan fingerprint density at radius 1 is 0.224 bits per heavy atom. The van der Waals surface area contributed by atoms with E-state index in [1.54, 1.807) is 73.6 Å². The number of rotatable bonds is 0. The summed E-state index contributed by atoms with van der Waals surface area (Å²) in [5.74, 6) is 0.0489. The fraction of sp³-hybridized carbons (Fsp3) is 0. The minimum atomic E-state index is 0. The van der Waals surface area contributed by atoms with Crippen LogP contribution in [0.3, 0.4) is 0 Å². The average molecular weight is 1100 g/mol. The van der Waals surface area contributed by atoms with Crippen LogP contribution in [0.15, 0.2) is 237 Å². The zero-order valence-corrected chi connectivity index (χ0v) is 47.2. The molecule has 0 saturated heterocycles. The predicted octanol–water partition coefficient (Wildman–Crippen LogP) is 14.1. The number of benzene rings is 12. The first kappa shape index (κ1) is 52.9. The molecule has 12 heteroatoms.